The quantitative estimate of drug-likeness (QED) is 0.780. The fourth-order valence-electron chi connectivity index (χ4n) is 2.75. The van der Waals surface area contributed by atoms with E-state index in [1.165, 1.54) is 58.0 Å². The first-order chi connectivity index (χ1) is 6.36. The van der Waals surface area contributed by atoms with Crippen molar-refractivity contribution in [2.45, 2.75) is 57.0 Å². The van der Waals surface area contributed by atoms with Gasteiger partial charge in [0.1, 0.15) is 0 Å². The zero-order chi connectivity index (χ0) is 9.10. The predicted molar refractivity (Wildman–Crippen MR) is 70.2 cm³/mol. The van der Waals surface area contributed by atoms with E-state index in [-0.39, 0.29) is 24.8 Å². The average molecular weight is 255 g/mol. The van der Waals surface area contributed by atoms with Crippen LogP contribution in [-0.4, -0.2) is 30.1 Å². The van der Waals surface area contributed by atoms with Gasteiger partial charge in [-0.1, -0.05) is 6.42 Å². The maximum Gasteiger partial charge on any atom is 0.00964 e. The lowest BCUT2D eigenvalue weighted by atomic mass is 9.90. The summed E-state index contributed by atoms with van der Waals surface area (Å²) in [5.41, 5.74) is 5.91. The summed E-state index contributed by atoms with van der Waals surface area (Å²) < 4.78 is 0. The van der Waals surface area contributed by atoms with Crippen molar-refractivity contribution in [3.8, 4) is 0 Å². The van der Waals surface area contributed by atoms with Crippen molar-refractivity contribution in [2.24, 2.45) is 5.73 Å². The van der Waals surface area contributed by atoms with E-state index in [0.29, 0.717) is 6.04 Å². The SMILES string of the molecule is Cl.Cl.NC1CCC(N2CCCCC2)CC1. The smallest absolute Gasteiger partial charge is 0.00964 e. The Balaban J connectivity index is 0.000000980. The predicted octanol–water partition coefficient (Wildman–Crippen LogP) is 2.59. The molecule has 1 aliphatic carbocycles. The summed E-state index contributed by atoms with van der Waals surface area (Å²) in [6.07, 6.45) is 9.48. The normalized spacial score (nSPS) is 32.6. The van der Waals surface area contributed by atoms with Gasteiger partial charge in [-0.25, -0.2) is 0 Å². The van der Waals surface area contributed by atoms with E-state index in [4.69, 9.17) is 5.73 Å². The molecule has 1 heterocycles. The molecule has 2 rings (SSSR count). The van der Waals surface area contributed by atoms with Gasteiger partial charge in [0.15, 0.2) is 0 Å². The highest BCUT2D eigenvalue weighted by atomic mass is 35.5. The number of halogens is 2. The van der Waals surface area contributed by atoms with Gasteiger partial charge in [-0.05, 0) is 51.6 Å². The third-order valence-corrected chi connectivity index (χ3v) is 3.65. The summed E-state index contributed by atoms with van der Waals surface area (Å²) in [6.45, 7) is 2.69. The van der Waals surface area contributed by atoms with E-state index in [1.54, 1.807) is 0 Å². The second-order valence-corrected chi connectivity index (χ2v) is 4.67. The number of nitrogens with two attached hydrogens (primary N) is 1. The third kappa shape index (κ3) is 4.48. The van der Waals surface area contributed by atoms with Gasteiger partial charge in [0.05, 0.1) is 0 Å². The van der Waals surface area contributed by atoms with Crippen LogP contribution in [0.1, 0.15) is 44.9 Å². The molecule has 0 radical (unpaired) electrons. The van der Waals surface area contributed by atoms with Gasteiger partial charge >= 0.3 is 0 Å². The van der Waals surface area contributed by atoms with Crippen molar-refractivity contribution in [2.75, 3.05) is 13.1 Å². The number of likely N-dealkylation sites (tertiary alicyclic amines) is 1. The van der Waals surface area contributed by atoms with E-state index >= 15 is 0 Å². The Morgan fingerprint density at radius 2 is 1.33 bits per heavy atom. The Bertz CT molecular complexity index is 153. The lowest BCUT2D eigenvalue weighted by Gasteiger charge is -2.38. The largest absolute Gasteiger partial charge is 0.328 e. The Hall–Kier alpha value is 0.500. The summed E-state index contributed by atoms with van der Waals surface area (Å²) in [7, 11) is 0. The minimum absolute atomic E-state index is 0. The van der Waals surface area contributed by atoms with Crippen molar-refractivity contribution in [3.63, 3.8) is 0 Å². The summed E-state index contributed by atoms with van der Waals surface area (Å²) in [4.78, 5) is 2.70. The summed E-state index contributed by atoms with van der Waals surface area (Å²) in [5.74, 6) is 0. The number of piperidine rings is 1. The molecule has 1 saturated heterocycles. The molecule has 0 unspecified atom stereocenters. The van der Waals surface area contributed by atoms with Crippen molar-refractivity contribution in [3.05, 3.63) is 0 Å². The van der Waals surface area contributed by atoms with Gasteiger partial charge in [0.2, 0.25) is 0 Å². The molecule has 0 aromatic rings. The fraction of sp³-hybridized carbons (Fsp3) is 1.00. The van der Waals surface area contributed by atoms with Crippen LogP contribution in [0, 0.1) is 0 Å². The Morgan fingerprint density at radius 1 is 0.800 bits per heavy atom. The first-order valence-electron chi connectivity index (χ1n) is 5.86. The number of hydrogen-bond donors (Lipinski definition) is 1. The standard InChI is InChI=1S/C11H22N2.2ClH/c12-10-4-6-11(7-5-10)13-8-2-1-3-9-13;;/h10-11H,1-9,12H2;2*1H. The van der Waals surface area contributed by atoms with Crippen LogP contribution in [0.15, 0.2) is 0 Å². The van der Waals surface area contributed by atoms with Crippen LogP contribution >= 0.6 is 24.8 Å². The van der Waals surface area contributed by atoms with Crippen molar-refractivity contribution in [1.82, 2.24) is 4.90 Å². The number of rotatable bonds is 1. The highest BCUT2D eigenvalue weighted by molar-refractivity contribution is 5.85. The van der Waals surface area contributed by atoms with E-state index in [0.717, 1.165) is 6.04 Å². The van der Waals surface area contributed by atoms with E-state index < -0.39 is 0 Å². The molecule has 15 heavy (non-hydrogen) atoms. The average Bonchev–Trinajstić information content (AvgIpc) is 2.20. The van der Waals surface area contributed by atoms with E-state index in [2.05, 4.69) is 4.90 Å². The molecule has 0 amide bonds. The van der Waals surface area contributed by atoms with E-state index in [9.17, 15) is 0 Å². The Kier molecular flexibility index (Phi) is 7.98. The fourth-order valence-corrected chi connectivity index (χ4v) is 2.75. The first kappa shape index (κ1) is 15.5. The Labute approximate surface area is 106 Å². The minimum atomic E-state index is 0. The molecule has 0 atom stereocenters. The van der Waals surface area contributed by atoms with Crippen molar-refractivity contribution in [1.29, 1.82) is 0 Å². The van der Waals surface area contributed by atoms with Gasteiger partial charge in [-0.2, -0.15) is 0 Å². The molecule has 0 bridgehead atoms. The molecular weight excluding hydrogens is 231 g/mol. The monoisotopic (exact) mass is 254 g/mol. The molecule has 2 fully saturated rings. The van der Waals surface area contributed by atoms with Crippen LogP contribution in [0.2, 0.25) is 0 Å². The molecule has 1 aliphatic heterocycles. The van der Waals surface area contributed by atoms with Crippen LogP contribution in [0.25, 0.3) is 0 Å². The molecule has 2 N–H and O–H groups in total. The molecule has 0 aromatic carbocycles. The molecule has 2 aliphatic rings. The molecule has 4 heteroatoms. The number of nitrogens with zero attached hydrogens (tertiary/aromatic N) is 1. The van der Waals surface area contributed by atoms with Gasteiger partial charge in [-0.3, -0.25) is 0 Å². The topological polar surface area (TPSA) is 29.3 Å². The Morgan fingerprint density at radius 3 is 1.87 bits per heavy atom. The van der Waals surface area contributed by atoms with Gasteiger partial charge in [-0.15, -0.1) is 24.8 Å². The van der Waals surface area contributed by atoms with Crippen LogP contribution in [0.3, 0.4) is 0 Å². The van der Waals surface area contributed by atoms with Crippen LogP contribution < -0.4 is 5.73 Å². The van der Waals surface area contributed by atoms with Gasteiger partial charge < -0.3 is 10.6 Å². The highest BCUT2D eigenvalue weighted by Gasteiger charge is 2.24. The van der Waals surface area contributed by atoms with Gasteiger partial charge in [0, 0.05) is 12.1 Å². The van der Waals surface area contributed by atoms with Crippen LogP contribution in [-0.2, 0) is 0 Å². The minimum Gasteiger partial charge on any atom is -0.328 e. The summed E-state index contributed by atoms with van der Waals surface area (Å²) in [6, 6.07) is 1.38. The van der Waals surface area contributed by atoms with Crippen LogP contribution in [0.5, 0.6) is 0 Å². The molecule has 2 nitrogen and oxygen atoms in total. The lowest BCUT2D eigenvalue weighted by molar-refractivity contribution is 0.125. The molecule has 92 valence electrons. The summed E-state index contributed by atoms with van der Waals surface area (Å²) in [5, 5.41) is 0. The second kappa shape index (κ2) is 7.72. The van der Waals surface area contributed by atoms with Gasteiger partial charge in [0.25, 0.3) is 0 Å². The first-order valence-corrected chi connectivity index (χ1v) is 5.86. The molecule has 1 saturated carbocycles. The molecule has 0 aromatic heterocycles. The zero-order valence-electron chi connectivity index (χ0n) is 9.36. The van der Waals surface area contributed by atoms with Crippen molar-refractivity contribution >= 4 is 24.8 Å². The summed E-state index contributed by atoms with van der Waals surface area (Å²) >= 11 is 0. The maximum atomic E-state index is 5.91. The zero-order valence-corrected chi connectivity index (χ0v) is 11.0. The third-order valence-electron chi connectivity index (χ3n) is 3.65. The second-order valence-electron chi connectivity index (χ2n) is 4.67. The molecule has 0 spiro atoms. The van der Waals surface area contributed by atoms with Crippen LogP contribution in [0.4, 0.5) is 0 Å². The maximum absolute atomic E-state index is 5.91. The highest BCUT2D eigenvalue weighted by Crippen LogP contribution is 2.24. The lowest BCUT2D eigenvalue weighted by Crippen LogP contribution is -2.43. The van der Waals surface area contributed by atoms with E-state index in [1.807, 2.05) is 0 Å². The molecular formula is C11H24Cl2N2. The number of hydrogen-bond acceptors (Lipinski definition) is 2. The van der Waals surface area contributed by atoms with Crippen molar-refractivity contribution < 1.29 is 0 Å².